The molecule has 0 bridgehead atoms. The van der Waals surface area contributed by atoms with Crippen molar-refractivity contribution >= 4 is 11.4 Å². The number of hydrogen-bond donors (Lipinski definition) is 0. The molecule has 2 aromatic carbocycles. The van der Waals surface area contributed by atoms with Crippen molar-refractivity contribution in [3.05, 3.63) is 65.7 Å². The second-order valence-electron chi connectivity index (χ2n) is 4.14. The first-order valence-corrected chi connectivity index (χ1v) is 5.59. The van der Waals surface area contributed by atoms with E-state index in [4.69, 9.17) is 4.99 Å². The molecule has 0 spiro atoms. The highest BCUT2D eigenvalue weighted by molar-refractivity contribution is 6.09. The molecule has 0 saturated carbocycles. The second kappa shape index (κ2) is 3.60. The van der Waals surface area contributed by atoms with Crippen LogP contribution in [-0.2, 0) is 0 Å². The van der Waals surface area contributed by atoms with Gasteiger partial charge in [-0.15, -0.1) is 0 Å². The predicted molar refractivity (Wildman–Crippen MR) is 67.5 cm³/mol. The summed E-state index contributed by atoms with van der Waals surface area (Å²) in [6.45, 7) is 2.22. The zero-order valence-electron chi connectivity index (χ0n) is 9.22. The molecule has 1 heterocycles. The van der Waals surface area contributed by atoms with E-state index in [-0.39, 0.29) is 0 Å². The Morgan fingerprint density at radius 3 is 2.31 bits per heavy atom. The molecule has 0 aromatic heterocycles. The molecule has 0 fully saturated rings. The van der Waals surface area contributed by atoms with Gasteiger partial charge in [-0.3, -0.25) is 4.99 Å². The second-order valence-corrected chi connectivity index (χ2v) is 4.14. The lowest BCUT2D eigenvalue weighted by Crippen LogP contribution is -2.05. The highest BCUT2D eigenvalue weighted by Crippen LogP contribution is 2.36. The van der Waals surface area contributed by atoms with Gasteiger partial charge in [0.2, 0.25) is 0 Å². The molecule has 2 aromatic rings. The summed E-state index contributed by atoms with van der Waals surface area (Å²) in [7, 11) is 0. The van der Waals surface area contributed by atoms with E-state index < -0.39 is 0 Å². The lowest BCUT2D eigenvalue weighted by molar-refractivity contribution is 1.06. The van der Waals surface area contributed by atoms with Gasteiger partial charge in [-0.1, -0.05) is 55.5 Å². The molecule has 0 amide bonds. The molecule has 0 radical (unpaired) electrons. The van der Waals surface area contributed by atoms with E-state index in [0.717, 1.165) is 5.69 Å². The number of rotatable bonds is 1. The molecule has 1 atom stereocenters. The molecule has 1 aliphatic heterocycles. The van der Waals surface area contributed by atoms with Gasteiger partial charge in [-0.2, -0.15) is 0 Å². The SMILES string of the molecule is CC1C(c2ccccc2)=Nc2ccccc21. The number of nitrogens with zero attached hydrogens (tertiary/aromatic N) is 1. The van der Waals surface area contributed by atoms with Gasteiger partial charge >= 0.3 is 0 Å². The van der Waals surface area contributed by atoms with E-state index in [1.165, 1.54) is 16.8 Å². The van der Waals surface area contributed by atoms with Crippen LogP contribution in [-0.4, -0.2) is 5.71 Å². The molecule has 1 aliphatic rings. The van der Waals surface area contributed by atoms with E-state index in [2.05, 4.69) is 49.4 Å². The summed E-state index contributed by atoms with van der Waals surface area (Å²) in [5.74, 6) is 0.401. The molecule has 0 N–H and O–H groups in total. The van der Waals surface area contributed by atoms with Crippen LogP contribution in [0, 0.1) is 0 Å². The molecule has 3 rings (SSSR count). The fourth-order valence-electron chi connectivity index (χ4n) is 2.25. The quantitative estimate of drug-likeness (QED) is 0.672. The lowest BCUT2D eigenvalue weighted by atomic mass is 9.94. The molecular weight excluding hydrogens is 194 g/mol. The topological polar surface area (TPSA) is 12.4 Å². The van der Waals surface area contributed by atoms with E-state index in [1.807, 2.05) is 12.1 Å². The van der Waals surface area contributed by atoms with Crippen LogP contribution in [0.4, 0.5) is 5.69 Å². The summed E-state index contributed by atoms with van der Waals surface area (Å²) in [5.41, 5.74) is 4.86. The average molecular weight is 207 g/mol. The average Bonchev–Trinajstić information content (AvgIpc) is 2.69. The summed E-state index contributed by atoms with van der Waals surface area (Å²) in [6.07, 6.45) is 0. The van der Waals surface area contributed by atoms with Crippen LogP contribution < -0.4 is 0 Å². The molecule has 16 heavy (non-hydrogen) atoms. The van der Waals surface area contributed by atoms with Crippen molar-refractivity contribution in [1.82, 2.24) is 0 Å². The Hall–Kier alpha value is -1.89. The third-order valence-electron chi connectivity index (χ3n) is 3.12. The number of hydrogen-bond acceptors (Lipinski definition) is 1. The third-order valence-corrected chi connectivity index (χ3v) is 3.12. The van der Waals surface area contributed by atoms with Crippen molar-refractivity contribution in [2.75, 3.05) is 0 Å². The van der Waals surface area contributed by atoms with Crippen molar-refractivity contribution in [2.45, 2.75) is 12.8 Å². The molecule has 1 heteroatoms. The van der Waals surface area contributed by atoms with E-state index >= 15 is 0 Å². The molecule has 0 saturated heterocycles. The first-order chi connectivity index (χ1) is 7.86. The number of benzene rings is 2. The maximum atomic E-state index is 4.72. The number of para-hydroxylation sites is 1. The number of aliphatic imine (C=N–C) groups is 1. The van der Waals surface area contributed by atoms with Crippen molar-refractivity contribution in [3.63, 3.8) is 0 Å². The predicted octanol–water partition coefficient (Wildman–Crippen LogP) is 3.92. The van der Waals surface area contributed by atoms with Crippen molar-refractivity contribution < 1.29 is 0 Å². The molecule has 1 nitrogen and oxygen atoms in total. The standard InChI is InChI=1S/C15H13N/c1-11-13-9-5-6-10-14(13)16-15(11)12-7-3-2-4-8-12/h2-11H,1H3. The lowest BCUT2D eigenvalue weighted by Gasteiger charge is -2.08. The monoisotopic (exact) mass is 207 g/mol. The molecule has 78 valence electrons. The fourth-order valence-corrected chi connectivity index (χ4v) is 2.25. The van der Waals surface area contributed by atoms with E-state index in [9.17, 15) is 0 Å². The summed E-state index contributed by atoms with van der Waals surface area (Å²) in [4.78, 5) is 4.72. The highest BCUT2D eigenvalue weighted by Gasteiger charge is 2.23. The van der Waals surface area contributed by atoms with Gasteiger partial charge in [-0.05, 0) is 17.2 Å². The molecule has 1 unspecified atom stereocenters. The van der Waals surface area contributed by atoms with Crippen LogP contribution >= 0.6 is 0 Å². The van der Waals surface area contributed by atoms with Crippen LogP contribution in [0.3, 0.4) is 0 Å². The first-order valence-electron chi connectivity index (χ1n) is 5.59. The fraction of sp³-hybridized carbons (Fsp3) is 0.133. The summed E-state index contributed by atoms with van der Waals surface area (Å²) in [6, 6.07) is 18.8. The van der Waals surface area contributed by atoms with Crippen molar-refractivity contribution in [1.29, 1.82) is 0 Å². The van der Waals surface area contributed by atoms with Crippen LogP contribution in [0.2, 0.25) is 0 Å². The minimum Gasteiger partial charge on any atom is -0.252 e. The summed E-state index contributed by atoms with van der Waals surface area (Å²) in [5, 5.41) is 0. The van der Waals surface area contributed by atoms with Gasteiger partial charge < -0.3 is 0 Å². The van der Waals surface area contributed by atoms with Crippen LogP contribution in [0.25, 0.3) is 0 Å². The summed E-state index contributed by atoms with van der Waals surface area (Å²) < 4.78 is 0. The van der Waals surface area contributed by atoms with Crippen LogP contribution in [0.1, 0.15) is 24.0 Å². The number of fused-ring (bicyclic) bond motifs is 1. The normalized spacial score (nSPS) is 18.1. The summed E-state index contributed by atoms with van der Waals surface area (Å²) >= 11 is 0. The minimum atomic E-state index is 0.401. The zero-order chi connectivity index (χ0) is 11.0. The maximum absolute atomic E-state index is 4.72. The Bertz CT molecular complexity index is 540. The maximum Gasteiger partial charge on any atom is 0.0672 e. The Balaban J connectivity index is 2.09. The van der Waals surface area contributed by atoms with E-state index in [1.54, 1.807) is 0 Å². The Kier molecular flexibility index (Phi) is 2.10. The van der Waals surface area contributed by atoms with Gasteiger partial charge in [0.25, 0.3) is 0 Å². The van der Waals surface area contributed by atoms with E-state index in [0.29, 0.717) is 5.92 Å². The van der Waals surface area contributed by atoms with Gasteiger partial charge in [0, 0.05) is 5.92 Å². The van der Waals surface area contributed by atoms with Crippen molar-refractivity contribution in [3.8, 4) is 0 Å². The first kappa shape index (κ1) is 9.34. The van der Waals surface area contributed by atoms with Gasteiger partial charge in [0.05, 0.1) is 11.4 Å². The van der Waals surface area contributed by atoms with Gasteiger partial charge in [0.1, 0.15) is 0 Å². The Morgan fingerprint density at radius 1 is 0.875 bits per heavy atom. The van der Waals surface area contributed by atoms with Crippen LogP contribution in [0.5, 0.6) is 0 Å². The molecular formula is C15H13N. The largest absolute Gasteiger partial charge is 0.252 e. The third kappa shape index (κ3) is 1.36. The Labute approximate surface area is 95.5 Å². The molecule has 0 aliphatic carbocycles. The Morgan fingerprint density at radius 2 is 1.56 bits per heavy atom. The van der Waals surface area contributed by atoms with Gasteiger partial charge in [0.15, 0.2) is 0 Å². The highest BCUT2D eigenvalue weighted by atomic mass is 14.8. The minimum absolute atomic E-state index is 0.401. The zero-order valence-corrected chi connectivity index (χ0v) is 9.22. The van der Waals surface area contributed by atoms with Gasteiger partial charge in [-0.25, -0.2) is 0 Å². The van der Waals surface area contributed by atoms with Crippen LogP contribution in [0.15, 0.2) is 59.6 Å². The smallest absolute Gasteiger partial charge is 0.0672 e. The van der Waals surface area contributed by atoms with Crippen molar-refractivity contribution in [2.24, 2.45) is 4.99 Å².